The molecule has 3 heterocycles. The van der Waals surface area contributed by atoms with Crippen LogP contribution >= 0.6 is 22.9 Å². The van der Waals surface area contributed by atoms with Crippen LogP contribution in [0.1, 0.15) is 23.1 Å². The SMILES string of the molecule is CC(C#Cc1ccc2c(c1)N(c1nc(N)ncc1Cl)CC2)(N=O)c1nccs1. The Morgan fingerprint density at radius 1 is 1.39 bits per heavy atom. The number of halogens is 1. The summed E-state index contributed by atoms with van der Waals surface area (Å²) in [6.45, 7) is 2.39. The fourth-order valence-corrected chi connectivity index (χ4v) is 3.89. The van der Waals surface area contributed by atoms with Gasteiger partial charge in [-0.3, -0.25) is 0 Å². The molecule has 0 spiro atoms. The lowest BCUT2D eigenvalue weighted by Gasteiger charge is -2.19. The monoisotopic (exact) mass is 410 g/mol. The van der Waals surface area contributed by atoms with Gasteiger partial charge in [0.1, 0.15) is 10.0 Å². The predicted molar refractivity (Wildman–Crippen MR) is 111 cm³/mol. The van der Waals surface area contributed by atoms with Crippen LogP contribution in [0, 0.1) is 16.7 Å². The van der Waals surface area contributed by atoms with Crippen molar-refractivity contribution in [3.8, 4) is 11.8 Å². The third kappa shape index (κ3) is 3.30. The first-order valence-electron chi connectivity index (χ1n) is 8.46. The first-order chi connectivity index (χ1) is 13.5. The second-order valence-corrected chi connectivity index (χ2v) is 7.70. The van der Waals surface area contributed by atoms with Gasteiger partial charge in [-0.15, -0.1) is 16.2 Å². The van der Waals surface area contributed by atoms with Crippen molar-refractivity contribution in [2.45, 2.75) is 18.9 Å². The number of benzene rings is 1. The zero-order valence-corrected chi connectivity index (χ0v) is 16.5. The molecule has 0 bridgehead atoms. The van der Waals surface area contributed by atoms with E-state index in [-0.39, 0.29) is 5.95 Å². The summed E-state index contributed by atoms with van der Waals surface area (Å²) < 4.78 is 0. The van der Waals surface area contributed by atoms with Crippen molar-refractivity contribution >= 4 is 40.4 Å². The van der Waals surface area contributed by atoms with Gasteiger partial charge in [0.05, 0.1) is 6.20 Å². The number of anilines is 3. The molecular formula is C19H15ClN6OS. The molecule has 2 N–H and O–H groups in total. The topological polar surface area (TPSA) is 97.4 Å². The number of nitrogens with zero attached hydrogens (tertiary/aromatic N) is 5. The molecule has 0 saturated heterocycles. The molecule has 0 fully saturated rings. The van der Waals surface area contributed by atoms with E-state index in [4.69, 9.17) is 17.3 Å². The van der Waals surface area contributed by atoms with E-state index in [1.165, 1.54) is 17.5 Å². The Kier molecular flexibility index (Phi) is 4.71. The second-order valence-electron chi connectivity index (χ2n) is 6.40. The first kappa shape index (κ1) is 18.3. The number of nitrogens with two attached hydrogens (primary N) is 1. The van der Waals surface area contributed by atoms with Gasteiger partial charge in [-0.25, -0.2) is 9.97 Å². The third-order valence-corrected chi connectivity index (χ3v) is 5.71. The maximum atomic E-state index is 11.4. The van der Waals surface area contributed by atoms with E-state index in [0.29, 0.717) is 15.8 Å². The van der Waals surface area contributed by atoms with Crippen LogP contribution in [-0.4, -0.2) is 21.5 Å². The standard InChI is InChI=1S/C19H15ClN6OS/c1-19(25-27,17-22-7-9-28-17)6-4-12-2-3-13-5-8-26(15(13)10-12)16-14(20)11-23-18(21)24-16/h2-3,7,9-11H,5,8H2,1H3,(H2,21,23,24). The highest BCUT2D eigenvalue weighted by molar-refractivity contribution is 7.09. The first-order valence-corrected chi connectivity index (χ1v) is 9.72. The normalized spacial score (nSPS) is 14.7. The highest BCUT2D eigenvalue weighted by atomic mass is 35.5. The lowest BCUT2D eigenvalue weighted by Crippen LogP contribution is -2.16. The molecule has 7 nitrogen and oxygen atoms in total. The molecule has 2 aromatic heterocycles. The van der Waals surface area contributed by atoms with Crippen LogP contribution in [0.25, 0.3) is 0 Å². The van der Waals surface area contributed by atoms with Crippen molar-refractivity contribution in [3.05, 3.63) is 62.0 Å². The molecule has 0 saturated carbocycles. The third-order valence-electron chi connectivity index (χ3n) is 4.46. The Hall–Kier alpha value is -3.02. The lowest BCUT2D eigenvalue weighted by molar-refractivity contribution is 0.647. The molecule has 1 unspecified atom stereocenters. The highest BCUT2D eigenvalue weighted by Crippen LogP contribution is 2.37. The Balaban J connectivity index is 1.71. The molecule has 1 aliphatic rings. The van der Waals surface area contributed by atoms with Crippen LogP contribution in [0.3, 0.4) is 0 Å². The van der Waals surface area contributed by atoms with Gasteiger partial charge in [0.15, 0.2) is 5.82 Å². The summed E-state index contributed by atoms with van der Waals surface area (Å²) in [4.78, 5) is 25.8. The van der Waals surface area contributed by atoms with Crippen molar-refractivity contribution in [2.24, 2.45) is 5.18 Å². The molecule has 140 valence electrons. The molecule has 1 aromatic carbocycles. The Labute approximate surface area is 170 Å². The van der Waals surface area contributed by atoms with Gasteiger partial charge in [0.2, 0.25) is 11.5 Å². The van der Waals surface area contributed by atoms with Gasteiger partial charge in [-0.2, -0.15) is 4.98 Å². The smallest absolute Gasteiger partial charge is 0.222 e. The Morgan fingerprint density at radius 2 is 2.25 bits per heavy atom. The fraction of sp³-hybridized carbons (Fsp3) is 0.211. The second kappa shape index (κ2) is 7.19. The van der Waals surface area contributed by atoms with Crippen LogP contribution < -0.4 is 10.6 Å². The maximum absolute atomic E-state index is 11.4. The lowest BCUT2D eigenvalue weighted by atomic mass is 10.0. The molecule has 1 atom stereocenters. The molecule has 1 aliphatic heterocycles. The molecule has 0 aliphatic carbocycles. The Morgan fingerprint density at radius 3 is 3.00 bits per heavy atom. The minimum absolute atomic E-state index is 0.167. The van der Waals surface area contributed by atoms with E-state index in [1.807, 2.05) is 23.1 Å². The van der Waals surface area contributed by atoms with Crippen molar-refractivity contribution in [1.29, 1.82) is 0 Å². The molecule has 4 rings (SSSR count). The van der Waals surface area contributed by atoms with Crippen LogP contribution in [0.4, 0.5) is 17.5 Å². The van der Waals surface area contributed by atoms with Gasteiger partial charge in [0, 0.05) is 29.4 Å². The van der Waals surface area contributed by atoms with Crippen molar-refractivity contribution < 1.29 is 0 Å². The zero-order chi connectivity index (χ0) is 19.7. The highest BCUT2D eigenvalue weighted by Gasteiger charge is 2.28. The fourth-order valence-electron chi connectivity index (χ4n) is 3.01. The zero-order valence-electron chi connectivity index (χ0n) is 14.9. The van der Waals surface area contributed by atoms with Crippen LogP contribution in [-0.2, 0) is 12.0 Å². The molecule has 3 aromatic rings. The number of thiazole rings is 1. The molecule has 0 radical (unpaired) electrons. The van der Waals surface area contributed by atoms with Crippen molar-refractivity contribution in [2.75, 3.05) is 17.2 Å². The summed E-state index contributed by atoms with van der Waals surface area (Å²) in [5.74, 6) is 6.75. The van der Waals surface area contributed by atoms with Gasteiger partial charge in [-0.1, -0.05) is 29.5 Å². The van der Waals surface area contributed by atoms with Crippen molar-refractivity contribution in [1.82, 2.24) is 15.0 Å². The summed E-state index contributed by atoms with van der Waals surface area (Å²) in [5, 5.41) is 6.00. The molecule has 28 heavy (non-hydrogen) atoms. The summed E-state index contributed by atoms with van der Waals surface area (Å²) in [5.41, 5.74) is 7.43. The number of rotatable bonds is 3. The number of hydrogen-bond acceptors (Lipinski definition) is 8. The van der Waals surface area contributed by atoms with Gasteiger partial charge in [0.25, 0.3) is 0 Å². The summed E-state index contributed by atoms with van der Waals surface area (Å²) in [7, 11) is 0. The maximum Gasteiger partial charge on any atom is 0.222 e. The summed E-state index contributed by atoms with van der Waals surface area (Å²) in [6, 6.07) is 5.91. The Bertz CT molecular complexity index is 1110. The minimum Gasteiger partial charge on any atom is -0.368 e. The van der Waals surface area contributed by atoms with Gasteiger partial charge < -0.3 is 10.6 Å². The van der Waals surface area contributed by atoms with Crippen molar-refractivity contribution in [3.63, 3.8) is 0 Å². The number of nitroso groups, excluding NO2 is 1. The molecule has 0 amide bonds. The molecule has 9 heteroatoms. The van der Waals surface area contributed by atoms with E-state index in [1.54, 1.807) is 18.5 Å². The van der Waals surface area contributed by atoms with Gasteiger partial charge >= 0.3 is 0 Å². The number of aromatic nitrogens is 3. The van der Waals surface area contributed by atoms with E-state index in [9.17, 15) is 4.91 Å². The number of nitrogen functional groups attached to an aromatic ring is 1. The quantitative estimate of drug-likeness (QED) is 0.519. The number of fused-ring (bicyclic) bond motifs is 1. The number of hydrogen-bond donors (Lipinski definition) is 1. The van der Waals surface area contributed by atoms with Crippen LogP contribution in [0.15, 0.2) is 41.1 Å². The largest absolute Gasteiger partial charge is 0.368 e. The average Bonchev–Trinajstić information content (AvgIpc) is 3.38. The average molecular weight is 411 g/mol. The molecular weight excluding hydrogens is 396 g/mol. The summed E-state index contributed by atoms with van der Waals surface area (Å²) in [6.07, 6.45) is 3.99. The van der Waals surface area contributed by atoms with Crippen LogP contribution in [0.2, 0.25) is 5.02 Å². The van der Waals surface area contributed by atoms with E-state index >= 15 is 0 Å². The van der Waals surface area contributed by atoms with Gasteiger partial charge in [-0.05, 0) is 36.2 Å². The van der Waals surface area contributed by atoms with E-state index in [0.717, 1.165) is 29.8 Å². The van der Waals surface area contributed by atoms with E-state index in [2.05, 4.69) is 32.0 Å². The van der Waals surface area contributed by atoms with Crippen LogP contribution in [0.5, 0.6) is 0 Å². The minimum atomic E-state index is -1.18. The predicted octanol–water partition coefficient (Wildman–Crippen LogP) is 3.90. The summed E-state index contributed by atoms with van der Waals surface area (Å²) >= 11 is 7.63. The van der Waals surface area contributed by atoms with E-state index < -0.39 is 5.54 Å².